The average molecular weight is 240 g/mol. The van der Waals surface area contributed by atoms with Crippen molar-refractivity contribution in [1.29, 1.82) is 0 Å². The van der Waals surface area contributed by atoms with Crippen molar-refractivity contribution in [1.82, 2.24) is 0 Å². The number of ether oxygens (including phenoxy) is 4. The molecule has 3 heterocycles. The fourth-order valence-electron chi connectivity index (χ4n) is 2.46. The first-order chi connectivity index (χ1) is 8.33. The lowest BCUT2D eigenvalue weighted by Crippen LogP contribution is -2.27. The summed E-state index contributed by atoms with van der Waals surface area (Å²) >= 11 is 0. The maximum Gasteiger partial charge on any atom is 0.314 e. The number of fused-ring (bicyclic) bond motifs is 2. The van der Waals surface area contributed by atoms with Gasteiger partial charge in [0.15, 0.2) is 13.1 Å². The predicted molar refractivity (Wildman–Crippen MR) is 56.9 cm³/mol. The van der Waals surface area contributed by atoms with Crippen molar-refractivity contribution in [3.8, 4) is 0 Å². The Morgan fingerprint density at radius 3 is 3.00 bits per heavy atom. The molecule has 0 aliphatic carbocycles. The Kier molecular flexibility index (Phi) is 3.13. The molecule has 94 valence electrons. The SMILES string of the molecule is O=C(OCOC1CCCO1)C1CC2C=CC1O2. The van der Waals surface area contributed by atoms with Gasteiger partial charge in [-0.2, -0.15) is 0 Å². The summed E-state index contributed by atoms with van der Waals surface area (Å²) in [4.78, 5) is 11.8. The molecule has 2 saturated heterocycles. The van der Waals surface area contributed by atoms with Gasteiger partial charge in [0.2, 0.25) is 0 Å². The van der Waals surface area contributed by atoms with Crippen LogP contribution in [0, 0.1) is 5.92 Å². The van der Waals surface area contributed by atoms with Crippen LogP contribution in [0.5, 0.6) is 0 Å². The largest absolute Gasteiger partial charge is 0.438 e. The van der Waals surface area contributed by atoms with E-state index in [0.29, 0.717) is 0 Å². The number of hydrogen-bond donors (Lipinski definition) is 0. The van der Waals surface area contributed by atoms with Crippen LogP contribution in [0.3, 0.4) is 0 Å². The van der Waals surface area contributed by atoms with Crippen LogP contribution in [0.2, 0.25) is 0 Å². The molecular weight excluding hydrogens is 224 g/mol. The third-order valence-corrected chi connectivity index (χ3v) is 3.38. The lowest BCUT2D eigenvalue weighted by Gasteiger charge is -2.16. The minimum Gasteiger partial charge on any atom is -0.438 e. The molecule has 0 spiro atoms. The summed E-state index contributed by atoms with van der Waals surface area (Å²) < 4.78 is 21.1. The number of hydrogen-bond acceptors (Lipinski definition) is 5. The van der Waals surface area contributed by atoms with Crippen LogP contribution in [0.15, 0.2) is 12.2 Å². The fraction of sp³-hybridized carbons (Fsp3) is 0.750. The normalized spacial score (nSPS) is 38.8. The quantitative estimate of drug-likeness (QED) is 0.416. The van der Waals surface area contributed by atoms with Gasteiger partial charge in [-0.25, -0.2) is 0 Å². The summed E-state index contributed by atoms with van der Waals surface area (Å²) in [6.45, 7) is 0.699. The summed E-state index contributed by atoms with van der Waals surface area (Å²) in [5.41, 5.74) is 0. The second kappa shape index (κ2) is 4.76. The third kappa shape index (κ3) is 2.36. The van der Waals surface area contributed by atoms with Crippen molar-refractivity contribution in [2.24, 2.45) is 5.92 Å². The third-order valence-electron chi connectivity index (χ3n) is 3.38. The Labute approximate surface area is 99.7 Å². The molecule has 2 fully saturated rings. The number of esters is 1. The molecule has 2 bridgehead atoms. The highest BCUT2D eigenvalue weighted by Crippen LogP contribution is 2.34. The van der Waals surface area contributed by atoms with Crippen LogP contribution in [0.4, 0.5) is 0 Å². The molecule has 5 heteroatoms. The summed E-state index contributed by atoms with van der Waals surface area (Å²) in [6, 6.07) is 0. The van der Waals surface area contributed by atoms with E-state index in [1.165, 1.54) is 0 Å². The molecule has 0 aromatic carbocycles. The molecule has 3 aliphatic rings. The lowest BCUT2D eigenvalue weighted by molar-refractivity contribution is -0.190. The smallest absolute Gasteiger partial charge is 0.314 e. The van der Waals surface area contributed by atoms with E-state index in [1.807, 2.05) is 12.2 Å². The van der Waals surface area contributed by atoms with Crippen LogP contribution in [0.1, 0.15) is 19.3 Å². The van der Waals surface area contributed by atoms with Crippen molar-refractivity contribution in [2.45, 2.75) is 37.8 Å². The van der Waals surface area contributed by atoms with Crippen molar-refractivity contribution in [3.63, 3.8) is 0 Å². The fourth-order valence-corrected chi connectivity index (χ4v) is 2.46. The molecule has 4 atom stereocenters. The Bertz CT molecular complexity index is 321. The minimum absolute atomic E-state index is 0.0267. The van der Waals surface area contributed by atoms with Gasteiger partial charge in [0, 0.05) is 13.0 Å². The van der Waals surface area contributed by atoms with Gasteiger partial charge in [-0.3, -0.25) is 4.79 Å². The van der Waals surface area contributed by atoms with Crippen molar-refractivity contribution >= 4 is 5.97 Å². The summed E-state index contributed by atoms with van der Waals surface area (Å²) in [6.07, 6.45) is 6.31. The van der Waals surface area contributed by atoms with E-state index in [4.69, 9.17) is 18.9 Å². The molecule has 0 saturated carbocycles. The van der Waals surface area contributed by atoms with Gasteiger partial charge >= 0.3 is 5.97 Å². The van der Waals surface area contributed by atoms with Crippen LogP contribution < -0.4 is 0 Å². The van der Waals surface area contributed by atoms with Gasteiger partial charge in [0.25, 0.3) is 0 Å². The number of carbonyl (C=O) groups excluding carboxylic acids is 1. The molecule has 0 N–H and O–H groups in total. The van der Waals surface area contributed by atoms with E-state index in [2.05, 4.69) is 0 Å². The summed E-state index contributed by atoms with van der Waals surface area (Å²) in [7, 11) is 0. The van der Waals surface area contributed by atoms with E-state index < -0.39 is 0 Å². The minimum atomic E-state index is -0.236. The maximum absolute atomic E-state index is 11.8. The zero-order valence-electron chi connectivity index (χ0n) is 9.54. The van der Waals surface area contributed by atoms with E-state index in [0.717, 1.165) is 25.9 Å². The first-order valence-corrected chi connectivity index (χ1v) is 6.06. The molecule has 3 aliphatic heterocycles. The van der Waals surface area contributed by atoms with Gasteiger partial charge in [-0.15, -0.1) is 0 Å². The first kappa shape index (κ1) is 11.2. The maximum atomic E-state index is 11.8. The molecule has 4 unspecified atom stereocenters. The summed E-state index contributed by atoms with van der Waals surface area (Å²) in [5, 5.41) is 0. The molecule has 17 heavy (non-hydrogen) atoms. The standard InChI is InChI=1S/C12H16O5/c13-12(9-6-8-3-4-10(9)17-8)16-7-15-11-2-1-5-14-11/h3-4,8-11H,1-2,5-7H2. The van der Waals surface area contributed by atoms with E-state index in [-0.39, 0.29) is 37.2 Å². The molecule has 0 aromatic heterocycles. The zero-order chi connectivity index (χ0) is 11.7. The molecule has 0 aromatic rings. The van der Waals surface area contributed by atoms with Crippen LogP contribution >= 0.6 is 0 Å². The van der Waals surface area contributed by atoms with Gasteiger partial charge < -0.3 is 18.9 Å². The molecule has 5 nitrogen and oxygen atoms in total. The average Bonchev–Trinajstić information content (AvgIpc) is 3.05. The summed E-state index contributed by atoms with van der Waals surface area (Å²) in [5.74, 6) is -0.405. The van der Waals surface area contributed by atoms with Crippen molar-refractivity contribution in [3.05, 3.63) is 12.2 Å². The monoisotopic (exact) mass is 240 g/mol. The van der Waals surface area contributed by atoms with E-state index in [1.54, 1.807) is 0 Å². The Morgan fingerprint density at radius 2 is 2.35 bits per heavy atom. The van der Waals surface area contributed by atoms with Gasteiger partial charge in [0.05, 0.1) is 18.1 Å². The highest BCUT2D eigenvalue weighted by Gasteiger charge is 2.42. The molecule has 0 radical (unpaired) electrons. The predicted octanol–water partition coefficient (Wildman–Crippen LogP) is 0.984. The molecular formula is C12H16O5. The van der Waals surface area contributed by atoms with E-state index >= 15 is 0 Å². The van der Waals surface area contributed by atoms with Crippen LogP contribution in [-0.2, 0) is 23.7 Å². The van der Waals surface area contributed by atoms with Crippen LogP contribution in [-0.4, -0.2) is 37.9 Å². The zero-order valence-corrected chi connectivity index (χ0v) is 9.54. The lowest BCUT2D eigenvalue weighted by atomic mass is 9.95. The molecule has 0 amide bonds. The second-order valence-corrected chi connectivity index (χ2v) is 4.56. The van der Waals surface area contributed by atoms with Crippen molar-refractivity contribution in [2.75, 3.05) is 13.4 Å². The first-order valence-electron chi connectivity index (χ1n) is 6.06. The van der Waals surface area contributed by atoms with Gasteiger partial charge in [-0.05, 0) is 12.8 Å². The number of rotatable bonds is 4. The molecule has 3 rings (SSSR count). The Morgan fingerprint density at radius 1 is 1.41 bits per heavy atom. The highest BCUT2D eigenvalue weighted by atomic mass is 16.8. The van der Waals surface area contributed by atoms with Crippen molar-refractivity contribution < 1.29 is 23.7 Å². The number of carbonyl (C=O) groups is 1. The van der Waals surface area contributed by atoms with Gasteiger partial charge in [-0.1, -0.05) is 12.2 Å². The second-order valence-electron chi connectivity index (χ2n) is 4.56. The highest BCUT2D eigenvalue weighted by molar-refractivity contribution is 5.74. The van der Waals surface area contributed by atoms with Gasteiger partial charge in [0.1, 0.15) is 0 Å². The van der Waals surface area contributed by atoms with E-state index in [9.17, 15) is 4.79 Å². The van der Waals surface area contributed by atoms with Crippen LogP contribution in [0.25, 0.3) is 0 Å². The topological polar surface area (TPSA) is 54.0 Å². The Balaban J connectivity index is 1.40. The Hall–Kier alpha value is -0.910.